The molecule has 2 atom stereocenters. The second-order valence-corrected chi connectivity index (χ2v) is 11.4. The Balaban J connectivity index is 2.14. The van der Waals surface area contributed by atoms with E-state index in [0.717, 1.165) is 31.4 Å². The van der Waals surface area contributed by atoms with Crippen LogP contribution in [-0.4, -0.2) is 56.4 Å². The van der Waals surface area contributed by atoms with Gasteiger partial charge in [0.2, 0.25) is 0 Å². The molecule has 1 aliphatic heterocycles. The molecule has 0 aromatic carbocycles. The molecule has 1 amide bonds. The Hall–Kier alpha value is -0.790. The number of likely N-dealkylation sites (tertiary alicyclic amines) is 1. The molecule has 2 rings (SSSR count). The molecule has 2 aliphatic rings. The fraction of sp³-hybridized carbons (Fsp3) is 0.895. The SMILES string of the molecule is CC(C)(C)OC(=O)N1CCC2(CC[C@@H](CO)/C2=N\[S@+]([O-])C(C)(C)C)CC1. The van der Waals surface area contributed by atoms with Crippen molar-refractivity contribution in [3.8, 4) is 0 Å². The Labute approximate surface area is 160 Å². The maximum atomic E-state index is 12.6. The summed E-state index contributed by atoms with van der Waals surface area (Å²) in [5.74, 6) is -0.0191. The van der Waals surface area contributed by atoms with Crippen molar-refractivity contribution in [2.45, 2.75) is 77.6 Å². The topological polar surface area (TPSA) is 85.2 Å². The number of rotatable bonds is 2. The van der Waals surface area contributed by atoms with Crippen LogP contribution in [0.5, 0.6) is 0 Å². The van der Waals surface area contributed by atoms with E-state index < -0.39 is 21.7 Å². The number of carbonyl (C=O) groups is 1. The molecule has 2 fully saturated rings. The van der Waals surface area contributed by atoms with Crippen molar-refractivity contribution in [3.63, 3.8) is 0 Å². The number of aliphatic hydroxyl groups is 1. The highest BCUT2D eigenvalue weighted by molar-refractivity contribution is 7.91. The second kappa shape index (κ2) is 7.68. The highest BCUT2D eigenvalue weighted by Gasteiger charge is 2.49. The number of piperidine rings is 1. The van der Waals surface area contributed by atoms with Gasteiger partial charge in [0.15, 0.2) is 0 Å². The first-order valence-electron chi connectivity index (χ1n) is 9.48. The minimum atomic E-state index is -1.34. The summed E-state index contributed by atoms with van der Waals surface area (Å²) in [6.07, 6.45) is 3.08. The van der Waals surface area contributed by atoms with Crippen molar-refractivity contribution in [2.75, 3.05) is 19.7 Å². The molecule has 1 heterocycles. The number of carbonyl (C=O) groups excluding carboxylic acids is 1. The fourth-order valence-electron chi connectivity index (χ4n) is 3.67. The van der Waals surface area contributed by atoms with Gasteiger partial charge < -0.3 is 19.3 Å². The Morgan fingerprint density at radius 2 is 1.85 bits per heavy atom. The van der Waals surface area contributed by atoms with Gasteiger partial charge in [0.05, 0.1) is 12.3 Å². The van der Waals surface area contributed by atoms with Crippen molar-refractivity contribution in [1.29, 1.82) is 0 Å². The first-order valence-corrected chi connectivity index (χ1v) is 10.6. The molecule has 1 saturated heterocycles. The van der Waals surface area contributed by atoms with E-state index in [-0.39, 0.29) is 24.0 Å². The van der Waals surface area contributed by atoms with Gasteiger partial charge in [0.25, 0.3) is 0 Å². The van der Waals surface area contributed by atoms with Crippen molar-refractivity contribution >= 4 is 23.2 Å². The van der Waals surface area contributed by atoms with Crippen LogP contribution in [0.3, 0.4) is 0 Å². The van der Waals surface area contributed by atoms with E-state index in [9.17, 15) is 14.5 Å². The summed E-state index contributed by atoms with van der Waals surface area (Å²) < 4.78 is 22.2. The van der Waals surface area contributed by atoms with Crippen LogP contribution in [0.2, 0.25) is 0 Å². The molecule has 26 heavy (non-hydrogen) atoms. The van der Waals surface area contributed by atoms with Crippen molar-refractivity contribution in [2.24, 2.45) is 15.7 Å². The molecule has 0 aromatic heterocycles. The Kier molecular flexibility index (Phi) is 6.35. The van der Waals surface area contributed by atoms with Crippen LogP contribution in [0.4, 0.5) is 4.79 Å². The van der Waals surface area contributed by atoms with E-state index in [0.29, 0.717) is 13.1 Å². The molecule has 0 aromatic rings. The van der Waals surface area contributed by atoms with Crippen molar-refractivity contribution < 1.29 is 19.2 Å². The summed E-state index contributed by atoms with van der Waals surface area (Å²) in [5.41, 5.74) is 0.252. The smallest absolute Gasteiger partial charge is 0.410 e. The summed E-state index contributed by atoms with van der Waals surface area (Å²) in [7, 11) is 0. The summed E-state index contributed by atoms with van der Waals surface area (Å²) >= 11 is -1.34. The quantitative estimate of drug-likeness (QED) is 0.738. The third-order valence-corrected chi connectivity index (χ3v) is 6.61. The lowest BCUT2D eigenvalue weighted by molar-refractivity contribution is 0.0156. The molecule has 0 radical (unpaired) electrons. The average Bonchev–Trinajstić information content (AvgIpc) is 2.83. The third-order valence-electron chi connectivity index (χ3n) is 5.20. The van der Waals surface area contributed by atoms with Gasteiger partial charge >= 0.3 is 6.09 Å². The average molecular weight is 387 g/mol. The van der Waals surface area contributed by atoms with E-state index in [1.165, 1.54) is 0 Å². The lowest BCUT2D eigenvalue weighted by Gasteiger charge is -2.40. The van der Waals surface area contributed by atoms with Crippen LogP contribution in [-0.2, 0) is 16.1 Å². The van der Waals surface area contributed by atoms with Gasteiger partial charge in [0, 0.05) is 24.4 Å². The molecule has 0 unspecified atom stereocenters. The monoisotopic (exact) mass is 386 g/mol. The molecule has 1 saturated carbocycles. The molecular weight excluding hydrogens is 352 g/mol. The number of hydrogen-bond acceptors (Lipinski definition) is 5. The summed E-state index contributed by atoms with van der Waals surface area (Å²) in [6, 6.07) is 0. The van der Waals surface area contributed by atoms with E-state index in [2.05, 4.69) is 4.40 Å². The van der Waals surface area contributed by atoms with Crippen molar-refractivity contribution in [1.82, 2.24) is 4.90 Å². The molecule has 150 valence electrons. The number of ether oxygens (including phenoxy) is 1. The minimum Gasteiger partial charge on any atom is -0.591 e. The van der Waals surface area contributed by atoms with Crippen LogP contribution in [0.15, 0.2) is 4.40 Å². The van der Waals surface area contributed by atoms with Crippen LogP contribution in [0, 0.1) is 11.3 Å². The predicted octanol–water partition coefficient (Wildman–Crippen LogP) is 3.31. The number of nitrogens with zero attached hydrogens (tertiary/aromatic N) is 2. The van der Waals surface area contributed by atoms with Crippen molar-refractivity contribution in [3.05, 3.63) is 0 Å². The fourth-order valence-corrected chi connectivity index (χ4v) is 4.47. The molecule has 7 heteroatoms. The maximum Gasteiger partial charge on any atom is 0.410 e. The number of aliphatic hydroxyl groups excluding tert-OH is 1. The summed E-state index contributed by atoms with van der Waals surface area (Å²) in [5, 5.41) is 9.77. The minimum absolute atomic E-state index is 0.0191. The highest BCUT2D eigenvalue weighted by Crippen LogP contribution is 2.47. The number of hydrogen-bond donors (Lipinski definition) is 1. The Bertz CT molecular complexity index is 543. The molecule has 1 N–H and O–H groups in total. The summed E-state index contributed by atoms with van der Waals surface area (Å²) in [4.78, 5) is 14.1. The van der Waals surface area contributed by atoms with Crippen LogP contribution >= 0.6 is 0 Å². The lowest BCUT2D eigenvalue weighted by atomic mass is 9.75. The van der Waals surface area contributed by atoms with Gasteiger partial charge in [-0.25, -0.2) is 4.79 Å². The van der Waals surface area contributed by atoms with Gasteiger partial charge in [-0.15, -0.1) is 0 Å². The molecule has 1 spiro atoms. The predicted molar refractivity (Wildman–Crippen MR) is 105 cm³/mol. The first kappa shape index (κ1) is 21.5. The lowest BCUT2D eigenvalue weighted by Crippen LogP contribution is -2.47. The Morgan fingerprint density at radius 3 is 2.31 bits per heavy atom. The van der Waals surface area contributed by atoms with Crippen LogP contribution < -0.4 is 0 Å². The summed E-state index contributed by atoms with van der Waals surface area (Å²) in [6.45, 7) is 12.6. The van der Waals surface area contributed by atoms with Gasteiger partial charge in [-0.2, -0.15) is 0 Å². The van der Waals surface area contributed by atoms with Gasteiger partial charge in [-0.3, -0.25) is 0 Å². The van der Waals surface area contributed by atoms with E-state index in [1.54, 1.807) is 4.90 Å². The number of amides is 1. The van der Waals surface area contributed by atoms with Crippen LogP contribution in [0.1, 0.15) is 67.2 Å². The maximum absolute atomic E-state index is 12.6. The zero-order valence-corrected chi connectivity index (χ0v) is 17.8. The normalized spacial score (nSPS) is 26.4. The zero-order chi connectivity index (χ0) is 19.8. The standard InChI is InChI=1S/C19H34N2O4S/c1-17(2,3)25-16(23)21-11-9-19(10-12-21)8-7-14(13-22)15(19)20-26(24)18(4,5)6/h14,22H,7-13H2,1-6H3/b20-15+/t14-,26+/m0/s1. The van der Waals surface area contributed by atoms with Crippen LogP contribution in [0.25, 0.3) is 0 Å². The van der Waals surface area contributed by atoms with E-state index in [4.69, 9.17) is 4.74 Å². The first-order chi connectivity index (χ1) is 11.9. The Morgan fingerprint density at radius 1 is 1.27 bits per heavy atom. The van der Waals surface area contributed by atoms with Gasteiger partial charge in [-0.05, 0) is 67.2 Å². The molecule has 1 aliphatic carbocycles. The highest BCUT2D eigenvalue weighted by atomic mass is 32.2. The molecule has 6 nitrogen and oxygen atoms in total. The third kappa shape index (κ3) is 4.93. The van der Waals surface area contributed by atoms with E-state index in [1.807, 2.05) is 41.5 Å². The van der Waals surface area contributed by atoms with Gasteiger partial charge in [-0.1, -0.05) is 4.40 Å². The zero-order valence-electron chi connectivity index (χ0n) is 17.0. The molecular formula is C19H34N2O4S. The molecule has 0 bridgehead atoms. The second-order valence-electron chi connectivity index (χ2n) is 9.50. The van der Waals surface area contributed by atoms with Gasteiger partial charge in [0.1, 0.15) is 21.7 Å². The van der Waals surface area contributed by atoms with E-state index >= 15 is 0 Å². The largest absolute Gasteiger partial charge is 0.591 e.